The van der Waals surface area contributed by atoms with E-state index < -0.39 is 0 Å². The van der Waals surface area contributed by atoms with Gasteiger partial charge in [0, 0.05) is 12.5 Å². The highest BCUT2D eigenvalue weighted by Crippen LogP contribution is 2.35. The van der Waals surface area contributed by atoms with Crippen LogP contribution in [0.4, 0.5) is 4.39 Å². The number of imidazole rings is 1. The fraction of sp³-hybridized carbons (Fsp3) is 0.174. The Morgan fingerprint density at radius 1 is 1.09 bits per heavy atom. The Morgan fingerprint density at radius 3 is 2.73 bits per heavy atom. The molecule has 0 fully saturated rings. The average Bonchev–Trinajstić information content (AvgIpc) is 3.51. The number of hydrogen-bond acceptors (Lipinski definition) is 7. The molecule has 1 aliphatic heterocycles. The van der Waals surface area contributed by atoms with E-state index in [0.717, 1.165) is 28.3 Å². The van der Waals surface area contributed by atoms with Crippen LogP contribution in [0.5, 0.6) is 5.75 Å². The summed E-state index contributed by atoms with van der Waals surface area (Å²) >= 11 is 0. The largest absolute Gasteiger partial charge is 0.486 e. The Hall–Kier alpha value is -4.34. The maximum atomic E-state index is 13.2. The molecule has 0 radical (unpaired) electrons. The van der Waals surface area contributed by atoms with Gasteiger partial charge in [0.25, 0.3) is 0 Å². The molecular weight excluding hydrogens is 425 g/mol. The highest BCUT2D eigenvalue weighted by Gasteiger charge is 2.28. The van der Waals surface area contributed by atoms with Crippen molar-refractivity contribution in [2.24, 2.45) is 0 Å². The van der Waals surface area contributed by atoms with Gasteiger partial charge in [-0.1, -0.05) is 16.8 Å². The molecule has 5 aromatic rings. The number of nitrogens with zero attached hydrogens (tertiary/aromatic N) is 7. The molecule has 0 amide bonds. The van der Waals surface area contributed by atoms with Gasteiger partial charge in [-0.15, -0.1) is 10.2 Å². The molecule has 10 heteroatoms. The summed E-state index contributed by atoms with van der Waals surface area (Å²) in [5, 5.41) is 12.9. The van der Waals surface area contributed by atoms with E-state index >= 15 is 0 Å². The molecule has 33 heavy (non-hydrogen) atoms. The van der Waals surface area contributed by atoms with E-state index in [-0.39, 0.29) is 12.4 Å². The molecular formula is C23H18FN7O2. The summed E-state index contributed by atoms with van der Waals surface area (Å²) in [4.78, 5) is 8.95. The van der Waals surface area contributed by atoms with Crippen molar-refractivity contribution in [3.05, 3.63) is 77.6 Å². The minimum atomic E-state index is -0.317. The second kappa shape index (κ2) is 7.37. The molecule has 1 aliphatic rings. The molecule has 4 heterocycles. The monoisotopic (exact) mass is 443 g/mol. The first kappa shape index (κ1) is 19.4. The summed E-state index contributed by atoms with van der Waals surface area (Å²) < 4.78 is 28.3. The summed E-state index contributed by atoms with van der Waals surface area (Å²) in [7, 11) is 0. The number of aromatic nitrogens is 7. The molecule has 0 aliphatic carbocycles. The Bertz CT molecular complexity index is 1480. The number of aryl methyl sites for hydroxylation is 2. The maximum Gasteiger partial charge on any atom is 0.223 e. The normalized spacial score (nSPS) is 12.1. The van der Waals surface area contributed by atoms with E-state index in [0.29, 0.717) is 35.5 Å². The van der Waals surface area contributed by atoms with Crippen LogP contribution in [0.2, 0.25) is 0 Å². The first-order valence-electron chi connectivity index (χ1n) is 10.4. The highest BCUT2D eigenvalue weighted by atomic mass is 19.1. The molecule has 0 atom stereocenters. The van der Waals surface area contributed by atoms with E-state index in [9.17, 15) is 4.39 Å². The molecule has 3 aromatic heterocycles. The van der Waals surface area contributed by atoms with Crippen LogP contribution in [0.15, 0.2) is 53.3 Å². The molecule has 2 aromatic carbocycles. The summed E-state index contributed by atoms with van der Waals surface area (Å²) in [5.41, 5.74) is 4.48. The van der Waals surface area contributed by atoms with Crippen molar-refractivity contribution in [3.8, 4) is 34.3 Å². The fourth-order valence-electron chi connectivity index (χ4n) is 3.99. The third-order valence-corrected chi connectivity index (χ3v) is 5.58. The van der Waals surface area contributed by atoms with Crippen molar-refractivity contribution in [3.63, 3.8) is 0 Å². The van der Waals surface area contributed by atoms with E-state index in [1.54, 1.807) is 25.4 Å². The van der Waals surface area contributed by atoms with Gasteiger partial charge in [0.05, 0.1) is 17.9 Å². The van der Waals surface area contributed by atoms with Gasteiger partial charge in [0.1, 0.15) is 30.2 Å². The van der Waals surface area contributed by atoms with E-state index in [1.165, 1.54) is 12.1 Å². The highest BCUT2D eigenvalue weighted by molar-refractivity contribution is 5.71. The summed E-state index contributed by atoms with van der Waals surface area (Å²) in [5.74, 6) is 2.48. The van der Waals surface area contributed by atoms with Gasteiger partial charge in [-0.05, 0) is 43.3 Å². The average molecular weight is 443 g/mol. The van der Waals surface area contributed by atoms with Crippen LogP contribution in [0.1, 0.15) is 23.0 Å². The third-order valence-electron chi connectivity index (χ3n) is 5.58. The van der Waals surface area contributed by atoms with Gasteiger partial charge in [0.15, 0.2) is 11.6 Å². The van der Waals surface area contributed by atoms with Gasteiger partial charge in [-0.25, -0.2) is 9.37 Å². The topological polar surface area (TPSA) is 96.7 Å². The minimum Gasteiger partial charge on any atom is -0.486 e. The Balaban J connectivity index is 1.47. The summed E-state index contributed by atoms with van der Waals surface area (Å²) in [6.45, 7) is 4.38. The van der Waals surface area contributed by atoms with Gasteiger partial charge >= 0.3 is 0 Å². The quantitative estimate of drug-likeness (QED) is 0.408. The lowest BCUT2D eigenvalue weighted by Gasteiger charge is -2.10. The zero-order chi connectivity index (χ0) is 22.5. The number of hydrogen-bond donors (Lipinski definition) is 0. The van der Waals surface area contributed by atoms with Gasteiger partial charge in [0.2, 0.25) is 11.7 Å². The first-order chi connectivity index (χ1) is 16.1. The number of benzene rings is 2. The van der Waals surface area contributed by atoms with E-state index in [4.69, 9.17) is 9.26 Å². The SMILES string of the molecule is Cc1ccc2c(c1)-c1nnc(COc3ccc(F)cc3)n1Cc1c(-c3noc(C)n3)ncn1-2. The lowest BCUT2D eigenvalue weighted by atomic mass is 10.1. The third kappa shape index (κ3) is 3.27. The van der Waals surface area contributed by atoms with Crippen LogP contribution in [0.25, 0.3) is 28.6 Å². The second-order valence-electron chi connectivity index (χ2n) is 7.84. The number of fused-ring (bicyclic) bond motifs is 5. The van der Waals surface area contributed by atoms with E-state index in [2.05, 4.69) is 31.4 Å². The number of halogens is 1. The Labute approximate surface area is 187 Å². The maximum absolute atomic E-state index is 13.2. The molecule has 0 spiro atoms. The van der Waals surface area contributed by atoms with Crippen molar-refractivity contribution in [2.75, 3.05) is 0 Å². The number of ether oxygens (including phenoxy) is 1. The molecule has 0 saturated heterocycles. The summed E-state index contributed by atoms with van der Waals surface area (Å²) in [6, 6.07) is 12.0. The minimum absolute atomic E-state index is 0.171. The molecule has 164 valence electrons. The van der Waals surface area contributed by atoms with Crippen LogP contribution in [0.3, 0.4) is 0 Å². The standard InChI is InChI=1S/C23H18FN7O2/c1-13-3-8-18-17(9-13)23-28-27-20(11-32-16-6-4-15(24)5-7-16)30(23)10-19-21(25-12-31(18)19)22-26-14(2)33-29-22/h3-9,12H,10-11H2,1-2H3. The lowest BCUT2D eigenvalue weighted by Crippen LogP contribution is -2.10. The van der Waals surface area contributed by atoms with Crippen LogP contribution in [-0.2, 0) is 13.2 Å². The molecule has 0 bridgehead atoms. The summed E-state index contributed by atoms with van der Waals surface area (Å²) in [6.07, 6.45) is 1.76. The van der Waals surface area contributed by atoms with Crippen molar-refractivity contribution >= 4 is 0 Å². The van der Waals surface area contributed by atoms with Gasteiger partial charge in [-0.2, -0.15) is 4.98 Å². The van der Waals surface area contributed by atoms with Crippen molar-refractivity contribution < 1.29 is 13.7 Å². The van der Waals surface area contributed by atoms with Crippen molar-refractivity contribution in [1.82, 2.24) is 34.5 Å². The molecule has 0 saturated carbocycles. The van der Waals surface area contributed by atoms with Gasteiger partial charge < -0.3 is 13.8 Å². The van der Waals surface area contributed by atoms with Crippen molar-refractivity contribution in [1.29, 1.82) is 0 Å². The molecule has 0 unspecified atom stereocenters. The first-order valence-corrected chi connectivity index (χ1v) is 10.4. The second-order valence-corrected chi connectivity index (χ2v) is 7.84. The molecule has 6 rings (SSSR count). The molecule has 9 nitrogen and oxygen atoms in total. The predicted molar refractivity (Wildman–Crippen MR) is 115 cm³/mol. The van der Waals surface area contributed by atoms with Crippen molar-refractivity contribution in [2.45, 2.75) is 27.0 Å². The van der Waals surface area contributed by atoms with Crippen LogP contribution < -0.4 is 4.74 Å². The Morgan fingerprint density at radius 2 is 1.94 bits per heavy atom. The van der Waals surface area contributed by atoms with E-state index in [1.807, 2.05) is 28.2 Å². The Kier molecular flexibility index (Phi) is 4.32. The number of rotatable bonds is 4. The zero-order valence-electron chi connectivity index (χ0n) is 17.9. The smallest absolute Gasteiger partial charge is 0.223 e. The van der Waals surface area contributed by atoms with Crippen LogP contribution in [0, 0.1) is 19.7 Å². The fourth-order valence-corrected chi connectivity index (χ4v) is 3.99. The van der Waals surface area contributed by atoms with Gasteiger partial charge in [-0.3, -0.25) is 4.57 Å². The molecule has 0 N–H and O–H groups in total. The lowest BCUT2D eigenvalue weighted by molar-refractivity contribution is 0.289. The predicted octanol–water partition coefficient (Wildman–Crippen LogP) is 3.88. The zero-order valence-corrected chi connectivity index (χ0v) is 17.9. The van der Waals surface area contributed by atoms with Crippen LogP contribution in [-0.4, -0.2) is 34.5 Å². The van der Waals surface area contributed by atoms with Crippen LogP contribution >= 0.6 is 0 Å².